The van der Waals surface area contributed by atoms with Crippen molar-refractivity contribution in [2.24, 2.45) is 7.05 Å². The first-order chi connectivity index (χ1) is 13.2. The molecule has 0 aliphatic carbocycles. The van der Waals surface area contributed by atoms with Gasteiger partial charge < -0.3 is 0 Å². The van der Waals surface area contributed by atoms with Crippen LogP contribution in [-0.4, -0.2) is 34.3 Å². The van der Waals surface area contributed by atoms with E-state index in [2.05, 4.69) is 25.1 Å². The third kappa shape index (κ3) is 2.39. The van der Waals surface area contributed by atoms with E-state index in [9.17, 15) is 13.2 Å². The van der Waals surface area contributed by atoms with Crippen molar-refractivity contribution in [3.63, 3.8) is 0 Å². The molecule has 11 heteroatoms. The number of aromatic nitrogens is 7. The second-order valence-electron chi connectivity index (χ2n) is 6.52. The largest absolute Gasteiger partial charge is 0.433 e. The van der Waals surface area contributed by atoms with Crippen molar-refractivity contribution in [3.8, 4) is 11.5 Å². The highest BCUT2D eigenvalue weighted by molar-refractivity contribution is 7.26. The van der Waals surface area contributed by atoms with E-state index in [1.54, 1.807) is 0 Å². The van der Waals surface area contributed by atoms with Gasteiger partial charge in [0.25, 0.3) is 0 Å². The van der Waals surface area contributed by atoms with E-state index in [-0.39, 0.29) is 11.5 Å². The van der Waals surface area contributed by atoms with Gasteiger partial charge in [-0.05, 0) is 31.5 Å². The van der Waals surface area contributed by atoms with Crippen LogP contribution >= 0.6 is 11.3 Å². The van der Waals surface area contributed by atoms with Gasteiger partial charge in [-0.15, -0.1) is 16.4 Å². The Balaban J connectivity index is 1.76. The molecular formula is C17H12F3N7S. The normalized spacial score (nSPS) is 12.6. The fourth-order valence-electron chi connectivity index (χ4n) is 3.32. The van der Waals surface area contributed by atoms with Crippen molar-refractivity contribution < 1.29 is 13.2 Å². The molecule has 0 aliphatic heterocycles. The van der Waals surface area contributed by atoms with E-state index in [0.29, 0.717) is 5.65 Å². The Kier molecular flexibility index (Phi) is 3.33. The number of nitrogens with zero attached hydrogens (tertiary/aromatic N) is 7. The van der Waals surface area contributed by atoms with Gasteiger partial charge in [0.05, 0.1) is 5.52 Å². The van der Waals surface area contributed by atoms with Crippen molar-refractivity contribution in [1.82, 2.24) is 34.3 Å². The summed E-state index contributed by atoms with van der Waals surface area (Å²) in [4.78, 5) is 14.3. The fourth-order valence-corrected chi connectivity index (χ4v) is 4.54. The van der Waals surface area contributed by atoms with Crippen LogP contribution in [0.1, 0.15) is 17.0 Å². The molecule has 0 fully saturated rings. The maximum atomic E-state index is 13.1. The Hall–Kier alpha value is -3.08. The molecular weight excluding hydrogens is 391 g/mol. The maximum absolute atomic E-state index is 13.1. The number of rotatable bonds is 1. The molecule has 5 aromatic heterocycles. The minimum absolute atomic E-state index is 0.0536. The number of pyridine rings is 1. The number of hydrogen-bond acceptors (Lipinski definition) is 6. The summed E-state index contributed by atoms with van der Waals surface area (Å²) in [7, 11) is 1.24. The van der Waals surface area contributed by atoms with E-state index in [0.717, 1.165) is 42.4 Å². The SMILES string of the molecule is Cc1cc(C)c2c(n1)sc1c2ncn2nc(-c3cc(C(F)(F)F)n(C)n3)nc12. The van der Waals surface area contributed by atoms with Gasteiger partial charge in [0.2, 0.25) is 5.82 Å². The van der Waals surface area contributed by atoms with E-state index < -0.39 is 11.9 Å². The molecule has 0 saturated heterocycles. The molecule has 5 aromatic rings. The standard InChI is InChI=1S/C17H12F3N7S/c1-7-4-8(2)22-16-11(7)12-13(28-16)15-23-14(25-27(15)6-21-12)9-5-10(17(18,19)20)26(3)24-9/h4-6H,1-3H3. The molecule has 0 amide bonds. The number of thiophene rings is 1. The molecule has 0 atom stereocenters. The molecule has 0 unspecified atom stereocenters. The zero-order valence-corrected chi connectivity index (χ0v) is 15.7. The van der Waals surface area contributed by atoms with Crippen molar-refractivity contribution in [3.05, 3.63) is 35.4 Å². The molecule has 142 valence electrons. The Bertz CT molecular complexity index is 1390. The van der Waals surface area contributed by atoms with Gasteiger partial charge in [0, 0.05) is 18.1 Å². The lowest BCUT2D eigenvalue weighted by molar-refractivity contribution is -0.143. The highest BCUT2D eigenvalue weighted by Gasteiger charge is 2.35. The zero-order valence-electron chi connectivity index (χ0n) is 14.9. The molecule has 0 aromatic carbocycles. The zero-order chi connectivity index (χ0) is 19.8. The van der Waals surface area contributed by atoms with Crippen LogP contribution in [-0.2, 0) is 13.2 Å². The van der Waals surface area contributed by atoms with Crippen LogP contribution in [0.25, 0.3) is 37.6 Å². The average Bonchev–Trinajstić information content (AvgIpc) is 3.26. The van der Waals surface area contributed by atoms with Crippen molar-refractivity contribution in [2.45, 2.75) is 20.0 Å². The quantitative estimate of drug-likeness (QED) is 0.424. The van der Waals surface area contributed by atoms with Gasteiger partial charge in [-0.2, -0.15) is 18.3 Å². The smallest absolute Gasteiger partial charge is 0.263 e. The molecule has 0 radical (unpaired) electrons. The summed E-state index contributed by atoms with van der Waals surface area (Å²) >= 11 is 1.44. The second-order valence-corrected chi connectivity index (χ2v) is 7.52. The lowest BCUT2D eigenvalue weighted by Crippen LogP contribution is -2.11. The predicted molar refractivity (Wildman–Crippen MR) is 98.1 cm³/mol. The summed E-state index contributed by atoms with van der Waals surface area (Å²) in [6.45, 7) is 3.92. The molecule has 7 nitrogen and oxygen atoms in total. The van der Waals surface area contributed by atoms with Crippen LogP contribution in [0, 0.1) is 13.8 Å². The number of fused-ring (bicyclic) bond motifs is 5. The molecule has 0 spiro atoms. The summed E-state index contributed by atoms with van der Waals surface area (Å²) in [5.41, 5.74) is 2.43. The van der Waals surface area contributed by atoms with Crippen LogP contribution < -0.4 is 0 Å². The van der Waals surface area contributed by atoms with Crippen LogP contribution in [0.4, 0.5) is 13.2 Å². The van der Waals surface area contributed by atoms with E-state index >= 15 is 0 Å². The first kappa shape index (κ1) is 17.0. The molecule has 0 saturated carbocycles. The first-order valence-corrected chi connectivity index (χ1v) is 9.07. The highest BCUT2D eigenvalue weighted by Crippen LogP contribution is 2.36. The van der Waals surface area contributed by atoms with Crippen LogP contribution in [0.2, 0.25) is 0 Å². The van der Waals surface area contributed by atoms with Crippen molar-refractivity contribution >= 4 is 37.4 Å². The molecule has 28 heavy (non-hydrogen) atoms. The van der Waals surface area contributed by atoms with Gasteiger partial charge in [-0.3, -0.25) is 4.68 Å². The summed E-state index contributed by atoms with van der Waals surface area (Å²) in [5, 5.41) is 9.14. The molecule has 0 bridgehead atoms. The Morgan fingerprint density at radius 3 is 2.57 bits per heavy atom. The minimum atomic E-state index is -4.50. The number of hydrogen-bond donors (Lipinski definition) is 0. The number of halogens is 3. The second kappa shape index (κ2) is 5.47. The molecule has 0 N–H and O–H groups in total. The average molecular weight is 403 g/mol. The Morgan fingerprint density at radius 1 is 1.07 bits per heavy atom. The van der Waals surface area contributed by atoms with Crippen molar-refractivity contribution in [1.29, 1.82) is 0 Å². The van der Waals surface area contributed by atoms with Gasteiger partial charge in [0.1, 0.15) is 27.2 Å². The lowest BCUT2D eigenvalue weighted by Gasteiger charge is -2.04. The molecule has 0 aliphatic rings. The van der Waals surface area contributed by atoms with Gasteiger partial charge in [-0.1, -0.05) is 0 Å². The summed E-state index contributed by atoms with van der Waals surface area (Å²) in [6, 6.07) is 2.93. The maximum Gasteiger partial charge on any atom is 0.433 e. The van der Waals surface area contributed by atoms with E-state index in [4.69, 9.17) is 0 Å². The molecule has 5 rings (SSSR count). The summed E-state index contributed by atoms with van der Waals surface area (Å²) in [5.74, 6) is 0.110. The van der Waals surface area contributed by atoms with Crippen molar-refractivity contribution in [2.75, 3.05) is 0 Å². The highest BCUT2D eigenvalue weighted by atomic mass is 32.1. The topological polar surface area (TPSA) is 73.8 Å². The van der Waals surface area contributed by atoms with Gasteiger partial charge in [-0.25, -0.2) is 19.5 Å². The number of alkyl halides is 3. The summed E-state index contributed by atoms with van der Waals surface area (Å²) < 4.78 is 42.2. The predicted octanol–water partition coefficient (Wildman–Crippen LogP) is 3.92. The third-order valence-corrected chi connectivity index (χ3v) is 5.56. The Morgan fingerprint density at radius 2 is 1.86 bits per heavy atom. The van der Waals surface area contributed by atoms with E-state index in [1.165, 1.54) is 29.2 Å². The summed E-state index contributed by atoms with van der Waals surface area (Å²) in [6.07, 6.45) is -2.99. The third-order valence-electron chi connectivity index (χ3n) is 4.49. The van der Waals surface area contributed by atoms with Crippen LogP contribution in [0.15, 0.2) is 18.5 Å². The van der Waals surface area contributed by atoms with Crippen LogP contribution in [0.3, 0.4) is 0 Å². The van der Waals surface area contributed by atoms with E-state index in [1.807, 2.05) is 19.9 Å². The monoisotopic (exact) mass is 403 g/mol. The fraction of sp³-hybridized carbons (Fsp3) is 0.235. The van der Waals surface area contributed by atoms with Crippen LogP contribution in [0.5, 0.6) is 0 Å². The number of aryl methyl sites for hydroxylation is 3. The molecule has 5 heterocycles. The Labute approximate surface area is 159 Å². The lowest BCUT2D eigenvalue weighted by atomic mass is 10.1. The van der Waals surface area contributed by atoms with Gasteiger partial charge in [0.15, 0.2) is 5.65 Å². The first-order valence-electron chi connectivity index (χ1n) is 8.26. The minimum Gasteiger partial charge on any atom is -0.263 e. The van der Waals surface area contributed by atoms with Gasteiger partial charge >= 0.3 is 6.18 Å².